The Hall–Kier alpha value is -0.120. The van der Waals surface area contributed by atoms with Gasteiger partial charge in [0.2, 0.25) is 0 Å². The zero-order valence-electron chi connectivity index (χ0n) is 8.86. The lowest BCUT2D eigenvalue weighted by Crippen LogP contribution is -2.49. The molecule has 1 aliphatic rings. The van der Waals surface area contributed by atoms with Gasteiger partial charge in [-0.3, -0.25) is 0 Å². The van der Waals surface area contributed by atoms with E-state index >= 15 is 0 Å². The molecule has 0 spiro atoms. The molecule has 0 bridgehead atoms. The third-order valence-electron chi connectivity index (χ3n) is 3.18. The van der Waals surface area contributed by atoms with E-state index in [1.807, 2.05) is 6.92 Å². The first-order valence-electron chi connectivity index (χ1n) is 4.98. The second-order valence-electron chi connectivity index (χ2n) is 3.90. The van der Waals surface area contributed by atoms with Crippen LogP contribution in [0.3, 0.4) is 0 Å². The van der Waals surface area contributed by atoms with Crippen molar-refractivity contribution in [3.63, 3.8) is 0 Å². The summed E-state index contributed by atoms with van der Waals surface area (Å²) in [6, 6.07) is 0. The molecular weight excluding hydrogens is 168 g/mol. The normalized spacial score (nSPS) is 46.4. The van der Waals surface area contributed by atoms with Crippen LogP contribution in [0.4, 0.5) is 0 Å². The van der Waals surface area contributed by atoms with Crippen molar-refractivity contribution in [2.75, 3.05) is 7.11 Å². The van der Waals surface area contributed by atoms with E-state index in [0.29, 0.717) is 5.92 Å². The smallest absolute Gasteiger partial charge is 0.183 e. The predicted molar refractivity (Wildman–Crippen MR) is 50.3 cm³/mol. The van der Waals surface area contributed by atoms with Crippen molar-refractivity contribution in [3.05, 3.63) is 0 Å². The molecule has 0 radical (unpaired) electrons. The van der Waals surface area contributed by atoms with Crippen LogP contribution in [0.25, 0.3) is 0 Å². The Kier molecular flexibility index (Phi) is 3.71. The highest BCUT2D eigenvalue weighted by Crippen LogP contribution is 2.32. The average molecular weight is 188 g/mol. The molecule has 0 aromatic rings. The number of hydrogen-bond acceptors (Lipinski definition) is 3. The molecule has 78 valence electrons. The van der Waals surface area contributed by atoms with E-state index in [0.717, 1.165) is 6.42 Å². The van der Waals surface area contributed by atoms with Crippen LogP contribution >= 0.6 is 0 Å². The van der Waals surface area contributed by atoms with E-state index in [9.17, 15) is 5.11 Å². The molecule has 1 heterocycles. The van der Waals surface area contributed by atoms with Gasteiger partial charge in [0, 0.05) is 7.11 Å². The van der Waals surface area contributed by atoms with Gasteiger partial charge in [-0.25, -0.2) is 0 Å². The third kappa shape index (κ3) is 2.03. The topological polar surface area (TPSA) is 38.7 Å². The van der Waals surface area contributed by atoms with Crippen molar-refractivity contribution in [1.29, 1.82) is 0 Å². The van der Waals surface area contributed by atoms with Crippen LogP contribution in [0.1, 0.15) is 27.2 Å². The van der Waals surface area contributed by atoms with Crippen LogP contribution in [0.2, 0.25) is 0 Å². The minimum absolute atomic E-state index is 0.211. The fourth-order valence-corrected chi connectivity index (χ4v) is 1.94. The fourth-order valence-electron chi connectivity index (χ4n) is 1.94. The quantitative estimate of drug-likeness (QED) is 0.712. The van der Waals surface area contributed by atoms with Crippen LogP contribution in [0.5, 0.6) is 0 Å². The molecule has 3 heteroatoms. The third-order valence-corrected chi connectivity index (χ3v) is 3.18. The van der Waals surface area contributed by atoms with Gasteiger partial charge in [-0.2, -0.15) is 0 Å². The van der Waals surface area contributed by atoms with E-state index in [4.69, 9.17) is 9.47 Å². The summed E-state index contributed by atoms with van der Waals surface area (Å²) < 4.78 is 10.7. The molecule has 3 nitrogen and oxygen atoms in total. The Balaban J connectivity index is 2.66. The summed E-state index contributed by atoms with van der Waals surface area (Å²) in [6.45, 7) is 6.26. The Morgan fingerprint density at radius 1 is 1.31 bits per heavy atom. The van der Waals surface area contributed by atoms with E-state index in [2.05, 4.69) is 13.8 Å². The van der Waals surface area contributed by atoms with Gasteiger partial charge in [-0.05, 0) is 18.3 Å². The minimum atomic E-state index is -0.497. The fraction of sp³-hybridized carbons (Fsp3) is 1.00. The summed E-state index contributed by atoms with van der Waals surface area (Å²) in [5, 5.41) is 9.77. The van der Waals surface area contributed by atoms with Gasteiger partial charge in [0.25, 0.3) is 0 Å². The van der Waals surface area contributed by atoms with Crippen LogP contribution in [-0.4, -0.2) is 30.7 Å². The van der Waals surface area contributed by atoms with Crippen LogP contribution in [-0.2, 0) is 9.47 Å². The number of aliphatic hydroxyl groups is 1. The first kappa shape index (κ1) is 11.0. The monoisotopic (exact) mass is 188 g/mol. The zero-order chi connectivity index (χ0) is 10.0. The van der Waals surface area contributed by atoms with Crippen molar-refractivity contribution in [3.8, 4) is 0 Å². The second kappa shape index (κ2) is 4.40. The SMILES string of the molecule is CCC1O[C@@H](OC)C(O)C(C)[C@H]1C. The summed E-state index contributed by atoms with van der Waals surface area (Å²) in [5.74, 6) is 0.634. The largest absolute Gasteiger partial charge is 0.388 e. The number of ether oxygens (including phenoxy) is 2. The molecule has 0 saturated carbocycles. The molecule has 0 aromatic heterocycles. The Bertz CT molecular complexity index is 140. The molecule has 1 aliphatic heterocycles. The van der Waals surface area contributed by atoms with Gasteiger partial charge in [0.05, 0.1) is 6.10 Å². The molecule has 0 aliphatic carbocycles. The summed E-state index contributed by atoms with van der Waals surface area (Å²) >= 11 is 0. The molecule has 5 atom stereocenters. The van der Waals surface area contributed by atoms with Gasteiger partial charge in [-0.1, -0.05) is 20.8 Å². The molecular formula is C10H20O3. The Labute approximate surface area is 80.0 Å². The van der Waals surface area contributed by atoms with Gasteiger partial charge in [0.15, 0.2) is 6.29 Å². The first-order chi connectivity index (χ1) is 6.11. The lowest BCUT2D eigenvalue weighted by atomic mass is 9.83. The van der Waals surface area contributed by atoms with Crippen LogP contribution in [0, 0.1) is 11.8 Å². The lowest BCUT2D eigenvalue weighted by Gasteiger charge is -2.41. The number of rotatable bonds is 2. The van der Waals surface area contributed by atoms with E-state index in [1.54, 1.807) is 7.11 Å². The number of methoxy groups -OCH3 is 1. The molecule has 1 saturated heterocycles. The Morgan fingerprint density at radius 3 is 2.38 bits per heavy atom. The molecule has 1 N–H and O–H groups in total. The van der Waals surface area contributed by atoms with Crippen molar-refractivity contribution in [2.45, 2.75) is 45.7 Å². The van der Waals surface area contributed by atoms with Gasteiger partial charge >= 0.3 is 0 Å². The van der Waals surface area contributed by atoms with Crippen molar-refractivity contribution in [1.82, 2.24) is 0 Å². The van der Waals surface area contributed by atoms with Crippen molar-refractivity contribution < 1.29 is 14.6 Å². The van der Waals surface area contributed by atoms with Crippen molar-refractivity contribution >= 4 is 0 Å². The van der Waals surface area contributed by atoms with Crippen LogP contribution in [0.15, 0.2) is 0 Å². The maximum atomic E-state index is 9.77. The van der Waals surface area contributed by atoms with E-state index < -0.39 is 12.4 Å². The first-order valence-corrected chi connectivity index (χ1v) is 4.98. The van der Waals surface area contributed by atoms with Crippen molar-refractivity contribution in [2.24, 2.45) is 11.8 Å². The summed E-state index contributed by atoms with van der Waals surface area (Å²) in [6.07, 6.45) is 0.236. The van der Waals surface area contributed by atoms with Gasteiger partial charge < -0.3 is 14.6 Å². The van der Waals surface area contributed by atoms with E-state index in [1.165, 1.54) is 0 Å². The summed E-state index contributed by atoms with van der Waals surface area (Å²) in [5.41, 5.74) is 0. The molecule has 3 unspecified atom stereocenters. The highest BCUT2D eigenvalue weighted by molar-refractivity contribution is 4.83. The summed E-state index contributed by atoms with van der Waals surface area (Å²) in [7, 11) is 1.57. The van der Waals surface area contributed by atoms with Crippen LogP contribution < -0.4 is 0 Å². The zero-order valence-corrected chi connectivity index (χ0v) is 8.86. The molecule has 1 rings (SSSR count). The van der Waals surface area contributed by atoms with Gasteiger partial charge in [-0.15, -0.1) is 0 Å². The van der Waals surface area contributed by atoms with Gasteiger partial charge in [0.1, 0.15) is 6.10 Å². The average Bonchev–Trinajstić information content (AvgIpc) is 2.15. The van der Waals surface area contributed by atoms with E-state index in [-0.39, 0.29) is 12.0 Å². The molecule has 0 amide bonds. The standard InChI is InChI=1S/C10H20O3/c1-5-8-6(2)7(3)9(11)10(12-4)13-8/h6-11H,5H2,1-4H3/t6-,7?,8?,9?,10-/m1/s1. The second-order valence-corrected chi connectivity index (χ2v) is 3.90. The highest BCUT2D eigenvalue weighted by Gasteiger charge is 2.39. The predicted octanol–water partition coefficient (Wildman–Crippen LogP) is 1.40. The minimum Gasteiger partial charge on any atom is -0.388 e. The highest BCUT2D eigenvalue weighted by atomic mass is 16.7. The number of hydrogen-bond donors (Lipinski definition) is 1. The maximum Gasteiger partial charge on any atom is 0.183 e. The Morgan fingerprint density at radius 2 is 1.92 bits per heavy atom. The maximum absolute atomic E-state index is 9.77. The molecule has 0 aromatic carbocycles. The number of aliphatic hydroxyl groups excluding tert-OH is 1. The molecule has 13 heavy (non-hydrogen) atoms. The molecule has 1 fully saturated rings. The lowest BCUT2D eigenvalue weighted by molar-refractivity contribution is -0.261. The summed E-state index contributed by atoms with van der Waals surface area (Å²) in [4.78, 5) is 0.